The first-order chi connectivity index (χ1) is 7.50. The van der Waals surface area contributed by atoms with Crippen LogP contribution in [-0.2, 0) is 4.74 Å². The average Bonchev–Trinajstić information content (AvgIpc) is 2.23. The van der Waals surface area contributed by atoms with Gasteiger partial charge in [-0.15, -0.1) is 0 Å². The second-order valence-electron chi connectivity index (χ2n) is 5.61. The normalized spacial score (nSPS) is 26.2. The molecule has 0 spiro atoms. The summed E-state index contributed by atoms with van der Waals surface area (Å²) in [5.74, 6) is 0.812. The Bertz CT molecular complexity index is 202. The molecule has 1 aliphatic heterocycles. The van der Waals surface area contributed by atoms with Crippen molar-refractivity contribution < 1.29 is 4.74 Å². The van der Waals surface area contributed by atoms with Crippen LogP contribution in [0.4, 0.5) is 0 Å². The highest BCUT2D eigenvalue weighted by atomic mass is 16.5. The van der Waals surface area contributed by atoms with Crippen molar-refractivity contribution in [3.63, 3.8) is 0 Å². The Morgan fingerprint density at radius 2 is 2.00 bits per heavy atom. The number of ether oxygens (including phenoxy) is 1. The molecule has 0 aromatic carbocycles. The summed E-state index contributed by atoms with van der Waals surface area (Å²) in [4.78, 5) is 2.53. The fourth-order valence-corrected chi connectivity index (χ4v) is 2.59. The van der Waals surface area contributed by atoms with Gasteiger partial charge in [-0.2, -0.15) is 0 Å². The highest BCUT2D eigenvalue weighted by Gasteiger charge is 2.33. The molecule has 1 unspecified atom stereocenters. The minimum absolute atomic E-state index is 0.0473. The molecule has 0 bridgehead atoms. The molecule has 0 aromatic rings. The van der Waals surface area contributed by atoms with Crippen LogP contribution in [0.5, 0.6) is 0 Å². The van der Waals surface area contributed by atoms with Gasteiger partial charge in [0, 0.05) is 26.2 Å². The molecular weight excluding hydrogens is 200 g/mol. The van der Waals surface area contributed by atoms with Gasteiger partial charge in [0.25, 0.3) is 0 Å². The number of hydrogen-bond acceptors (Lipinski definition) is 3. The van der Waals surface area contributed by atoms with Crippen LogP contribution in [0.3, 0.4) is 0 Å². The SMILES string of the molecule is CCC(CC)CN1CC(CN)OC(C)(C)C1. The Morgan fingerprint density at radius 1 is 1.38 bits per heavy atom. The van der Waals surface area contributed by atoms with Crippen molar-refractivity contribution in [3.8, 4) is 0 Å². The van der Waals surface area contributed by atoms with E-state index in [1.54, 1.807) is 0 Å². The molecular formula is C13H28N2O. The van der Waals surface area contributed by atoms with E-state index < -0.39 is 0 Å². The molecule has 0 radical (unpaired) electrons. The quantitative estimate of drug-likeness (QED) is 0.780. The number of hydrogen-bond donors (Lipinski definition) is 1. The molecule has 1 rings (SSSR count). The summed E-state index contributed by atoms with van der Waals surface area (Å²) in [6, 6.07) is 0. The van der Waals surface area contributed by atoms with Gasteiger partial charge in [0.05, 0.1) is 11.7 Å². The van der Waals surface area contributed by atoms with E-state index in [1.165, 1.54) is 19.4 Å². The van der Waals surface area contributed by atoms with Gasteiger partial charge in [0.2, 0.25) is 0 Å². The lowest BCUT2D eigenvalue weighted by molar-refractivity contribution is -0.134. The Kier molecular flexibility index (Phi) is 5.22. The monoisotopic (exact) mass is 228 g/mol. The predicted molar refractivity (Wildman–Crippen MR) is 68.5 cm³/mol. The average molecular weight is 228 g/mol. The molecule has 0 amide bonds. The van der Waals surface area contributed by atoms with E-state index in [1.807, 2.05) is 0 Å². The van der Waals surface area contributed by atoms with Gasteiger partial charge in [-0.1, -0.05) is 26.7 Å². The molecule has 1 heterocycles. The second-order valence-corrected chi connectivity index (χ2v) is 5.61. The van der Waals surface area contributed by atoms with Crippen LogP contribution in [0, 0.1) is 5.92 Å². The van der Waals surface area contributed by atoms with Crippen molar-refractivity contribution in [1.82, 2.24) is 4.90 Å². The summed E-state index contributed by atoms with van der Waals surface area (Å²) in [5, 5.41) is 0. The minimum Gasteiger partial charge on any atom is -0.368 e. The summed E-state index contributed by atoms with van der Waals surface area (Å²) in [6.45, 7) is 12.7. The molecule has 1 aliphatic rings. The van der Waals surface area contributed by atoms with Crippen LogP contribution in [0.1, 0.15) is 40.5 Å². The number of nitrogens with zero attached hydrogens (tertiary/aromatic N) is 1. The molecule has 0 saturated carbocycles. The lowest BCUT2D eigenvalue weighted by atomic mass is 9.99. The van der Waals surface area contributed by atoms with E-state index >= 15 is 0 Å². The van der Waals surface area contributed by atoms with Crippen molar-refractivity contribution in [2.45, 2.75) is 52.2 Å². The van der Waals surface area contributed by atoms with Crippen LogP contribution in [0.2, 0.25) is 0 Å². The molecule has 0 aliphatic carbocycles. The Morgan fingerprint density at radius 3 is 2.50 bits per heavy atom. The summed E-state index contributed by atoms with van der Waals surface area (Å²) >= 11 is 0. The fraction of sp³-hybridized carbons (Fsp3) is 1.00. The zero-order valence-corrected chi connectivity index (χ0v) is 11.3. The van der Waals surface area contributed by atoms with Crippen molar-refractivity contribution in [3.05, 3.63) is 0 Å². The smallest absolute Gasteiger partial charge is 0.0831 e. The zero-order valence-electron chi connectivity index (χ0n) is 11.3. The Hall–Kier alpha value is -0.120. The van der Waals surface area contributed by atoms with Crippen molar-refractivity contribution in [2.75, 3.05) is 26.2 Å². The van der Waals surface area contributed by atoms with Gasteiger partial charge in [0.15, 0.2) is 0 Å². The van der Waals surface area contributed by atoms with Crippen LogP contribution in [0.15, 0.2) is 0 Å². The third-order valence-electron chi connectivity index (χ3n) is 3.49. The largest absolute Gasteiger partial charge is 0.368 e. The van der Waals surface area contributed by atoms with Crippen LogP contribution in [0.25, 0.3) is 0 Å². The molecule has 1 fully saturated rings. The standard InChI is InChI=1S/C13H28N2O/c1-5-11(6-2)8-15-9-12(7-14)16-13(3,4)10-15/h11-12H,5-10,14H2,1-4H3. The molecule has 3 nitrogen and oxygen atoms in total. The van der Waals surface area contributed by atoms with E-state index in [-0.39, 0.29) is 11.7 Å². The first-order valence-electron chi connectivity index (χ1n) is 6.61. The fourth-order valence-electron chi connectivity index (χ4n) is 2.59. The first kappa shape index (κ1) is 13.9. The van der Waals surface area contributed by atoms with E-state index in [0.717, 1.165) is 19.0 Å². The van der Waals surface area contributed by atoms with Gasteiger partial charge in [0.1, 0.15) is 0 Å². The van der Waals surface area contributed by atoms with Crippen LogP contribution < -0.4 is 5.73 Å². The van der Waals surface area contributed by atoms with Gasteiger partial charge >= 0.3 is 0 Å². The summed E-state index contributed by atoms with van der Waals surface area (Å²) in [6.07, 6.45) is 2.74. The van der Waals surface area contributed by atoms with Crippen molar-refractivity contribution in [2.24, 2.45) is 11.7 Å². The maximum Gasteiger partial charge on any atom is 0.0831 e. The lowest BCUT2D eigenvalue weighted by Gasteiger charge is -2.43. The van der Waals surface area contributed by atoms with E-state index in [2.05, 4.69) is 32.6 Å². The zero-order chi connectivity index (χ0) is 12.2. The summed E-state index contributed by atoms with van der Waals surface area (Å²) < 4.78 is 5.94. The van der Waals surface area contributed by atoms with Gasteiger partial charge in [-0.05, 0) is 19.8 Å². The molecule has 1 atom stereocenters. The maximum absolute atomic E-state index is 5.94. The predicted octanol–water partition coefficient (Wildman–Crippen LogP) is 1.86. The van der Waals surface area contributed by atoms with Crippen molar-refractivity contribution >= 4 is 0 Å². The number of morpholine rings is 1. The topological polar surface area (TPSA) is 38.5 Å². The third kappa shape index (κ3) is 4.04. The molecule has 16 heavy (non-hydrogen) atoms. The molecule has 96 valence electrons. The molecule has 2 N–H and O–H groups in total. The van der Waals surface area contributed by atoms with Crippen LogP contribution >= 0.6 is 0 Å². The maximum atomic E-state index is 5.94. The first-order valence-corrected chi connectivity index (χ1v) is 6.61. The molecule has 3 heteroatoms. The van der Waals surface area contributed by atoms with Crippen LogP contribution in [-0.4, -0.2) is 42.8 Å². The van der Waals surface area contributed by atoms with E-state index in [4.69, 9.17) is 10.5 Å². The van der Waals surface area contributed by atoms with Crippen molar-refractivity contribution in [1.29, 1.82) is 0 Å². The molecule has 1 saturated heterocycles. The Balaban J connectivity index is 2.52. The van der Waals surface area contributed by atoms with Gasteiger partial charge in [-0.3, -0.25) is 4.90 Å². The van der Waals surface area contributed by atoms with Gasteiger partial charge < -0.3 is 10.5 Å². The Labute approximate surface area is 100 Å². The highest BCUT2D eigenvalue weighted by molar-refractivity contribution is 4.85. The minimum atomic E-state index is -0.0473. The number of rotatable bonds is 5. The second kappa shape index (κ2) is 5.99. The van der Waals surface area contributed by atoms with E-state index in [0.29, 0.717) is 6.54 Å². The van der Waals surface area contributed by atoms with E-state index in [9.17, 15) is 0 Å². The number of nitrogens with two attached hydrogens (primary N) is 1. The molecule has 0 aromatic heterocycles. The highest BCUT2D eigenvalue weighted by Crippen LogP contribution is 2.22. The summed E-state index contributed by atoms with van der Waals surface area (Å²) in [7, 11) is 0. The third-order valence-corrected chi connectivity index (χ3v) is 3.49. The summed E-state index contributed by atoms with van der Waals surface area (Å²) in [5.41, 5.74) is 5.68. The lowest BCUT2D eigenvalue weighted by Crippen LogP contribution is -2.55. The van der Waals surface area contributed by atoms with Gasteiger partial charge in [-0.25, -0.2) is 0 Å².